The molecule has 96 valence electrons. The van der Waals surface area contributed by atoms with Gasteiger partial charge in [-0.05, 0) is 17.7 Å². The third kappa shape index (κ3) is 2.31. The van der Waals surface area contributed by atoms with Gasteiger partial charge in [0.05, 0.1) is 20.3 Å². The summed E-state index contributed by atoms with van der Waals surface area (Å²) < 4.78 is 12.4. The number of imidazole rings is 1. The molecule has 0 aliphatic heterocycles. The lowest BCUT2D eigenvalue weighted by molar-refractivity contribution is 0.393. The number of aryl methyl sites for hydroxylation is 1. The SMILES string of the molecule is COc1cc(OC)cc([C@@H](N)c2nccn2C)c1. The van der Waals surface area contributed by atoms with Crippen molar-refractivity contribution >= 4 is 0 Å². The minimum atomic E-state index is -0.311. The van der Waals surface area contributed by atoms with Gasteiger partial charge >= 0.3 is 0 Å². The summed E-state index contributed by atoms with van der Waals surface area (Å²) >= 11 is 0. The quantitative estimate of drug-likeness (QED) is 0.889. The maximum atomic E-state index is 6.21. The molecule has 0 aliphatic carbocycles. The zero-order valence-electron chi connectivity index (χ0n) is 10.8. The maximum absolute atomic E-state index is 6.21. The van der Waals surface area contributed by atoms with E-state index in [0.717, 1.165) is 11.4 Å². The zero-order chi connectivity index (χ0) is 13.1. The molecular formula is C13H17N3O2. The first kappa shape index (κ1) is 12.4. The van der Waals surface area contributed by atoms with Crippen LogP contribution in [0.25, 0.3) is 0 Å². The van der Waals surface area contributed by atoms with Gasteiger partial charge in [-0.3, -0.25) is 0 Å². The highest BCUT2D eigenvalue weighted by Gasteiger charge is 2.15. The summed E-state index contributed by atoms with van der Waals surface area (Å²) in [5.74, 6) is 2.23. The molecule has 1 aromatic carbocycles. The van der Waals surface area contributed by atoms with Gasteiger partial charge in [0.1, 0.15) is 17.3 Å². The predicted molar refractivity (Wildman–Crippen MR) is 68.8 cm³/mol. The molecule has 18 heavy (non-hydrogen) atoms. The van der Waals surface area contributed by atoms with Gasteiger partial charge in [-0.15, -0.1) is 0 Å². The Labute approximate surface area is 106 Å². The van der Waals surface area contributed by atoms with E-state index in [4.69, 9.17) is 15.2 Å². The highest BCUT2D eigenvalue weighted by Crippen LogP contribution is 2.27. The van der Waals surface area contributed by atoms with E-state index >= 15 is 0 Å². The molecule has 0 unspecified atom stereocenters. The normalized spacial score (nSPS) is 12.2. The van der Waals surface area contributed by atoms with Crippen LogP contribution in [0.2, 0.25) is 0 Å². The summed E-state index contributed by atoms with van der Waals surface area (Å²) in [7, 11) is 5.15. The Morgan fingerprint density at radius 3 is 2.22 bits per heavy atom. The number of aromatic nitrogens is 2. The minimum absolute atomic E-state index is 0.311. The lowest BCUT2D eigenvalue weighted by Gasteiger charge is -2.14. The second kappa shape index (κ2) is 5.10. The van der Waals surface area contributed by atoms with Crippen molar-refractivity contribution in [2.45, 2.75) is 6.04 Å². The molecule has 0 saturated heterocycles. The molecule has 1 atom stereocenters. The van der Waals surface area contributed by atoms with E-state index in [1.807, 2.05) is 36.0 Å². The van der Waals surface area contributed by atoms with Gasteiger partial charge in [-0.25, -0.2) is 4.98 Å². The molecular weight excluding hydrogens is 230 g/mol. The topological polar surface area (TPSA) is 62.3 Å². The van der Waals surface area contributed by atoms with Gasteiger partial charge in [0, 0.05) is 25.5 Å². The second-order valence-corrected chi connectivity index (χ2v) is 4.02. The number of nitrogens with zero attached hydrogens (tertiary/aromatic N) is 2. The van der Waals surface area contributed by atoms with Crippen molar-refractivity contribution in [2.75, 3.05) is 14.2 Å². The number of rotatable bonds is 4. The molecule has 1 aromatic heterocycles. The van der Waals surface area contributed by atoms with Crippen LogP contribution in [-0.2, 0) is 7.05 Å². The smallest absolute Gasteiger partial charge is 0.129 e. The van der Waals surface area contributed by atoms with Crippen LogP contribution in [0.15, 0.2) is 30.6 Å². The highest BCUT2D eigenvalue weighted by atomic mass is 16.5. The number of nitrogens with two attached hydrogens (primary N) is 1. The Hall–Kier alpha value is -2.01. The van der Waals surface area contributed by atoms with Crippen molar-refractivity contribution in [3.8, 4) is 11.5 Å². The Balaban J connectivity index is 2.41. The average molecular weight is 247 g/mol. The number of hydrogen-bond acceptors (Lipinski definition) is 4. The number of methoxy groups -OCH3 is 2. The van der Waals surface area contributed by atoms with E-state index in [0.29, 0.717) is 11.5 Å². The molecule has 2 N–H and O–H groups in total. The molecule has 0 fully saturated rings. The van der Waals surface area contributed by atoms with Gasteiger partial charge < -0.3 is 19.8 Å². The molecule has 2 aromatic rings. The van der Waals surface area contributed by atoms with E-state index in [1.54, 1.807) is 20.4 Å². The van der Waals surface area contributed by atoms with Gasteiger partial charge in [0.25, 0.3) is 0 Å². The number of ether oxygens (including phenoxy) is 2. The van der Waals surface area contributed by atoms with Crippen LogP contribution in [0.4, 0.5) is 0 Å². The second-order valence-electron chi connectivity index (χ2n) is 4.02. The average Bonchev–Trinajstić information content (AvgIpc) is 2.83. The fourth-order valence-electron chi connectivity index (χ4n) is 1.83. The third-order valence-electron chi connectivity index (χ3n) is 2.87. The fraction of sp³-hybridized carbons (Fsp3) is 0.308. The van der Waals surface area contributed by atoms with Crippen LogP contribution in [0, 0.1) is 0 Å². The molecule has 2 rings (SSSR count). The summed E-state index contributed by atoms with van der Waals surface area (Å²) in [6.07, 6.45) is 3.60. The lowest BCUT2D eigenvalue weighted by Crippen LogP contribution is -2.16. The Kier molecular flexibility index (Phi) is 3.53. The Morgan fingerprint density at radius 2 is 1.78 bits per heavy atom. The van der Waals surface area contributed by atoms with Gasteiger partial charge in [-0.1, -0.05) is 0 Å². The van der Waals surface area contributed by atoms with E-state index in [2.05, 4.69) is 4.98 Å². The van der Waals surface area contributed by atoms with Gasteiger partial charge in [0.15, 0.2) is 0 Å². The molecule has 0 bridgehead atoms. The van der Waals surface area contributed by atoms with Crippen LogP contribution in [0.1, 0.15) is 17.4 Å². The standard InChI is InChI=1S/C13H17N3O2/c1-16-5-4-15-13(16)12(14)9-6-10(17-2)8-11(7-9)18-3/h4-8,12H,14H2,1-3H3/t12-/m1/s1. The summed E-state index contributed by atoms with van der Waals surface area (Å²) in [4.78, 5) is 4.26. The largest absolute Gasteiger partial charge is 0.497 e. The van der Waals surface area contributed by atoms with Crippen LogP contribution in [0.5, 0.6) is 11.5 Å². The Morgan fingerprint density at radius 1 is 1.17 bits per heavy atom. The molecule has 1 heterocycles. The first-order chi connectivity index (χ1) is 8.65. The van der Waals surface area contributed by atoms with E-state index < -0.39 is 0 Å². The van der Waals surface area contributed by atoms with Crippen molar-refractivity contribution in [1.82, 2.24) is 9.55 Å². The maximum Gasteiger partial charge on any atom is 0.129 e. The van der Waals surface area contributed by atoms with Crippen LogP contribution in [0.3, 0.4) is 0 Å². The van der Waals surface area contributed by atoms with Crippen molar-refractivity contribution in [1.29, 1.82) is 0 Å². The summed E-state index contributed by atoms with van der Waals surface area (Å²) in [6, 6.07) is 5.28. The van der Waals surface area contributed by atoms with E-state index in [9.17, 15) is 0 Å². The van der Waals surface area contributed by atoms with Crippen molar-refractivity contribution in [2.24, 2.45) is 12.8 Å². The highest BCUT2D eigenvalue weighted by molar-refractivity contribution is 5.41. The van der Waals surface area contributed by atoms with Crippen molar-refractivity contribution < 1.29 is 9.47 Å². The lowest BCUT2D eigenvalue weighted by atomic mass is 10.1. The molecule has 0 saturated carbocycles. The fourth-order valence-corrected chi connectivity index (χ4v) is 1.83. The molecule has 0 amide bonds. The number of benzene rings is 1. The molecule has 5 heteroatoms. The first-order valence-electron chi connectivity index (χ1n) is 5.61. The van der Waals surface area contributed by atoms with Gasteiger partial charge in [-0.2, -0.15) is 0 Å². The van der Waals surface area contributed by atoms with E-state index in [1.165, 1.54) is 0 Å². The molecule has 5 nitrogen and oxygen atoms in total. The third-order valence-corrected chi connectivity index (χ3v) is 2.87. The van der Waals surface area contributed by atoms with E-state index in [-0.39, 0.29) is 6.04 Å². The first-order valence-corrected chi connectivity index (χ1v) is 5.61. The number of hydrogen-bond donors (Lipinski definition) is 1. The monoisotopic (exact) mass is 247 g/mol. The van der Waals surface area contributed by atoms with Crippen LogP contribution < -0.4 is 15.2 Å². The molecule has 0 spiro atoms. The zero-order valence-corrected chi connectivity index (χ0v) is 10.8. The molecule has 0 radical (unpaired) electrons. The predicted octanol–water partition coefficient (Wildman–Crippen LogP) is 1.49. The van der Waals surface area contributed by atoms with Crippen LogP contribution in [-0.4, -0.2) is 23.8 Å². The summed E-state index contributed by atoms with van der Waals surface area (Å²) in [5.41, 5.74) is 7.12. The minimum Gasteiger partial charge on any atom is -0.497 e. The van der Waals surface area contributed by atoms with Crippen LogP contribution >= 0.6 is 0 Å². The van der Waals surface area contributed by atoms with Crippen molar-refractivity contribution in [3.63, 3.8) is 0 Å². The van der Waals surface area contributed by atoms with Gasteiger partial charge in [0.2, 0.25) is 0 Å². The molecule has 0 aliphatic rings. The Bertz CT molecular complexity index is 515. The van der Waals surface area contributed by atoms with Crippen molar-refractivity contribution in [3.05, 3.63) is 42.0 Å². The summed E-state index contributed by atoms with van der Waals surface area (Å²) in [6.45, 7) is 0. The summed E-state index contributed by atoms with van der Waals surface area (Å²) in [5, 5.41) is 0.